The van der Waals surface area contributed by atoms with Crippen LogP contribution in [0.5, 0.6) is 5.75 Å². The van der Waals surface area contributed by atoms with E-state index < -0.39 is 0 Å². The Hall–Kier alpha value is -1.22. The molecule has 1 aromatic carbocycles. The van der Waals surface area contributed by atoms with Gasteiger partial charge in [-0.3, -0.25) is 0 Å². The van der Waals surface area contributed by atoms with Crippen LogP contribution in [-0.4, -0.2) is 26.9 Å². The van der Waals surface area contributed by atoms with E-state index in [9.17, 15) is 0 Å². The number of anilines is 1. The van der Waals surface area contributed by atoms with Gasteiger partial charge in [-0.1, -0.05) is 6.07 Å². The van der Waals surface area contributed by atoms with E-state index in [1.807, 2.05) is 18.2 Å². The minimum absolute atomic E-state index is 0.736. The molecule has 0 aliphatic carbocycles. The summed E-state index contributed by atoms with van der Waals surface area (Å²) in [6, 6.07) is 8.06. The van der Waals surface area contributed by atoms with Gasteiger partial charge in [0.25, 0.3) is 0 Å². The van der Waals surface area contributed by atoms with Crippen molar-refractivity contribution in [3.05, 3.63) is 24.3 Å². The predicted molar refractivity (Wildman–Crippen MR) is 65.0 cm³/mol. The van der Waals surface area contributed by atoms with E-state index in [0.29, 0.717) is 0 Å². The lowest BCUT2D eigenvalue weighted by molar-refractivity contribution is 0.0699. The van der Waals surface area contributed by atoms with Crippen LogP contribution in [0, 0.1) is 5.92 Å². The van der Waals surface area contributed by atoms with Gasteiger partial charge in [-0.15, -0.1) is 0 Å². The van der Waals surface area contributed by atoms with E-state index in [-0.39, 0.29) is 0 Å². The second-order valence-corrected chi connectivity index (χ2v) is 4.17. The van der Waals surface area contributed by atoms with Crippen molar-refractivity contribution >= 4 is 5.69 Å². The van der Waals surface area contributed by atoms with Crippen LogP contribution in [0.2, 0.25) is 0 Å². The number of methoxy groups -OCH3 is 1. The number of benzene rings is 1. The van der Waals surface area contributed by atoms with Crippen molar-refractivity contribution in [2.24, 2.45) is 5.92 Å². The lowest BCUT2D eigenvalue weighted by Crippen LogP contribution is -2.22. The highest BCUT2D eigenvalue weighted by Crippen LogP contribution is 2.19. The molecule has 1 N–H and O–H groups in total. The minimum atomic E-state index is 0.736. The van der Waals surface area contributed by atoms with Gasteiger partial charge in [0.15, 0.2) is 0 Å². The zero-order chi connectivity index (χ0) is 11.2. The minimum Gasteiger partial charge on any atom is -0.497 e. The zero-order valence-corrected chi connectivity index (χ0v) is 9.74. The molecule has 16 heavy (non-hydrogen) atoms. The van der Waals surface area contributed by atoms with Crippen LogP contribution in [-0.2, 0) is 4.74 Å². The van der Waals surface area contributed by atoms with Crippen LogP contribution in [0.4, 0.5) is 5.69 Å². The molecular formula is C13H19NO2. The van der Waals surface area contributed by atoms with Crippen molar-refractivity contribution in [2.75, 3.05) is 32.2 Å². The molecule has 0 unspecified atom stereocenters. The highest BCUT2D eigenvalue weighted by molar-refractivity contribution is 5.48. The van der Waals surface area contributed by atoms with Crippen molar-refractivity contribution < 1.29 is 9.47 Å². The molecule has 0 radical (unpaired) electrons. The lowest BCUT2D eigenvalue weighted by Gasteiger charge is -2.22. The summed E-state index contributed by atoms with van der Waals surface area (Å²) >= 11 is 0. The number of hydrogen-bond donors (Lipinski definition) is 1. The lowest BCUT2D eigenvalue weighted by atomic mass is 10.0. The molecule has 88 valence electrons. The number of hydrogen-bond acceptors (Lipinski definition) is 3. The monoisotopic (exact) mass is 221 g/mol. The maximum atomic E-state index is 5.34. The van der Waals surface area contributed by atoms with Crippen molar-refractivity contribution in [3.63, 3.8) is 0 Å². The quantitative estimate of drug-likeness (QED) is 0.847. The summed E-state index contributed by atoms with van der Waals surface area (Å²) in [5.74, 6) is 1.64. The molecule has 1 fully saturated rings. The fourth-order valence-corrected chi connectivity index (χ4v) is 1.95. The Balaban J connectivity index is 1.83. The molecule has 1 aliphatic rings. The van der Waals surface area contributed by atoms with Crippen molar-refractivity contribution in [1.29, 1.82) is 0 Å². The summed E-state index contributed by atoms with van der Waals surface area (Å²) in [4.78, 5) is 0. The first kappa shape index (κ1) is 11.3. The average molecular weight is 221 g/mol. The van der Waals surface area contributed by atoms with Crippen LogP contribution in [0.25, 0.3) is 0 Å². The topological polar surface area (TPSA) is 30.5 Å². The molecule has 0 spiro atoms. The van der Waals surface area contributed by atoms with Crippen LogP contribution in [0.1, 0.15) is 12.8 Å². The van der Waals surface area contributed by atoms with Crippen LogP contribution in [0.3, 0.4) is 0 Å². The van der Waals surface area contributed by atoms with E-state index in [1.165, 1.54) is 0 Å². The molecule has 3 nitrogen and oxygen atoms in total. The van der Waals surface area contributed by atoms with Gasteiger partial charge in [0.05, 0.1) is 7.11 Å². The van der Waals surface area contributed by atoms with E-state index in [1.54, 1.807) is 7.11 Å². The summed E-state index contributed by atoms with van der Waals surface area (Å²) in [6.45, 7) is 2.84. The maximum absolute atomic E-state index is 5.34. The Morgan fingerprint density at radius 2 is 2.19 bits per heavy atom. The second-order valence-electron chi connectivity index (χ2n) is 4.17. The Kier molecular flexibility index (Phi) is 4.05. The third-order valence-electron chi connectivity index (χ3n) is 3.01. The molecule has 1 aromatic rings. The smallest absolute Gasteiger partial charge is 0.120 e. The number of rotatable bonds is 4. The van der Waals surface area contributed by atoms with E-state index >= 15 is 0 Å². The first-order valence-corrected chi connectivity index (χ1v) is 5.84. The first-order chi connectivity index (χ1) is 7.88. The van der Waals surface area contributed by atoms with Gasteiger partial charge in [-0.05, 0) is 30.9 Å². The molecule has 1 heterocycles. The fraction of sp³-hybridized carbons (Fsp3) is 0.538. The average Bonchev–Trinajstić information content (AvgIpc) is 2.38. The number of nitrogens with one attached hydrogen (secondary N) is 1. The van der Waals surface area contributed by atoms with Crippen molar-refractivity contribution in [1.82, 2.24) is 0 Å². The second kappa shape index (κ2) is 5.75. The van der Waals surface area contributed by atoms with Gasteiger partial charge >= 0.3 is 0 Å². The molecule has 0 bridgehead atoms. The molecule has 0 amide bonds. The molecule has 1 aliphatic heterocycles. The van der Waals surface area contributed by atoms with E-state index in [0.717, 1.165) is 50.0 Å². The molecule has 1 saturated heterocycles. The summed E-state index contributed by atoms with van der Waals surface area (Å²) in [5, 5.41) is 3.45. The van der Waals surface area contributed by atoms with Gasteiger partial charge < -0.3 is 14.8 Å². The molecule has 2 rings (SSSR count). The molecule has 0 saturated carbocycles. The molecule has 3 heteroatoms. The third-order valence-corrected chi connectivity index (χ3v) is 3.01. The highest BCUT2D eigenvalue weighted by Gasteiger charge is 2.13. The zero-order valence-electron chi connectivity index (χ0n) is 9.74. The van der Waals surface area contributed by atoms with Crippen molar-refractivity contribution in [2.45, 2.75) is 12.8 Å². The first-order valence-electron chi connectivity index (χ1n) is 5.84. The normalized spacial score (nSPS) is 17.1. The fourth-order valence-electron chi connectivity index (χ4n) is 1.95. The SMILES string of the molecule is COc1cccc(NCC2CCOCC2)c1. The highest BCUT2D eigenvalue weighted by atomic mass is 16.5. The van der Waals surface area contributed by atoms with Gasteiger partial charge in [0.2, 0.25) is 0 Å². The van der Waals surface area contributed by atoms with Gasteiger partial charge in [0, 0.05) is 31.5 Å². The Bertz CT molecular complexity index is 321. The van der Waals surface area contributed by atoms with E-state index in [4.69, 9.17) is 9.47 Å². The maximum Gasteiger partial charge on any atom is 0.120 e. The number of ether oxygens (including phenoxy) is 2. The van der Waals surface area contributed by atoms with Crippen molar-refractivity contribution in [3.8, 4) is 5.75 Å². The Morgan fingerprint density at radius 1 is 1.38 bits per heavy atom. The van der Waals surface area contributed by atoms with Gasteiger partial charge in [-0.25, -0.2) is 0 Å². The van der Waals surface area contributed by atoms with Gasteiger partial charge in [-0.2, -0.15) is 0 Å². The summed E-state index contributed by atoms with van der Waals surface area (Å²) in [6.07, 6.45) is 2.33. The Labute approximate surface area is 96.8 Å². The van der Waals surface area contributed by atoms with Crippen LogP contribution < -0.4 is 10.1 Å². The van der Waals surface area contributed by atoms with Crippen LogP contribution >= 0.6 is 0 Å². The van der Waals surface area contributed by atoms with Gasteiger partial charge in [0.1, 0.15) is 5.75 Å². The summed E-state index contributed by atoms with van der Waals surface area (Å²) < 4.78 is 10.5. The molecule has 0 aromatic heterocycles. The predicted octanol–water partition coefficient (Wildman–Crippen LogP) is 2.53. The van der Waals surface area contributed by atoms with Crippen LogP contribution in [0.15, 0.2) is 24.3 Å². The van der Waals surface area contributed by atoms with E-state index in [2.05, 4.69) is 11.4 Å². The molecule has 0 atom stereocenters. The summed E-state index contributed by atoms with van der Waals surface area (Å²) in [7, 11) is 1.69. The standard InChI is InChI=1S/C13H19NO2/c1-15-13-4-2-3-12(9-13)14-10-11-5-7-16-8-6-11/h2-4,9,11,14H,5-8,10H2,1H3. The Morgan fingerprint density at radius 3 is 2.94 bits per heavy atom. The summed E-state index contributed by atoms with van der Waals surface area (Å²) in [5.41, 5.74) is 1.13. The molecular weight excluding hydrogens is 202 g/mol. The largest absolute Gasteiger partial charge is 0.497 e. The third kappa shape index (κ3) is 3.14.